The smallest absolute Gasteiger partial charge is 0.415 e. The van der Waals surface area contributed by atoms with Gasteiger partial charge in [0.2, 0.25) is 0 Å². The first-order valence-electron chi connectivity index (χ1n) is 14.0. The number of aromatic nitrogens is 1. The first-order valence-corrected chi connectivity index (χ1v) is 15.8. The molecule has 1 spiro atoms. The number of hydrogen-bond donors (Lipinski definition) is 0. The van der Waals surface area contributed by atoms with Crippen molar-refractivity contribution >= 4 is 15.9 Å². The molecule has 0 radical (unpaired) electrons. The van der Waals surface area contributed by atoms with Crippen LogP contribution in [0.2, 0.25) is 0 Å². The first-order chi connectivity index (χ1) is 20.3. The lowest BCUT2D eigenvalue weighted by atomic mass is 9.82. The van der Waals surface area contributed by atoms with E-state index in [9.17, 15) is 17.6 Å². The molecule has 42 heavy (non-hydrogen) atoms. The van der Waals surface area contributed by atoms with E-state index in [4.69, 9.17) is 9.47 Å². The third kappa shape index (κ3) is 6.31. The normalized spacial score (nSPS) is 16.0. The van der Waals surface area contributed by atoms with Gasteiger partial charge in [-0.25, -0.2) is 17.6 Å². The van der Waals surface area contributed by atoms with E-state index in [2.05, 4.69) is 11.1 Å². The third-order valence-corrected chi connectivity index (χ3v) is 9.48. The van der Waals surface area contributed by atoms with Crippen LogP contribution in [0.1, 0.15) is 36.1 Å². The van der Waals surface area contributed by atoms with E-state index in [1.807, 2.05) is 36.4 Å². The van der Waals surface area contributed by atoms with E-state index in [0.29, 0.717) is 31.6 Å². The van der Waals surface area contributed by atoms with Gasteiger partial charge in [0.05, 0.1) is 17.2 Å². The standard InChI is InChI=1S/C33H31FN2O5S/c34-29-6-1-2-7-31(29)40-32(37)36-19-16-33(17-20-36)15-14-27-21-26(12-13-30(27)41-33)25-10-8-24(9-11-25)22-42(38,39)23-28-5-3-4-18-35-28/h1-13,18,21H,14-17,19-20,22-23H2. The number of pyridine rings is 1. The van der Waals surface area contributed by atoms with Gasteiger partial charge in [-0.15, -0.1) is 0 Å². The number of likely N-dealkylation sites (tertiary alicyclic amines) is 1. The fourth-order valence-electron chi connectivity index (χ4n) is 5.64. The summed E-state index contributed by atoms with van der Waals surface area (Å²) in [6.45, 7) is 0.954. The van der Waals surface area contributed by atoms with Gasteiger partial charge in [0.15, 0.2) is 21.4 Å². The molecule has 4 aromatic rings. The van der Waals surface area contributed by atoms with Gasteiger partial charge in [-0.1, -0.05) is 48.5 Å². The Hall–Kier alpha value is -4.24. The Labute approximate surface area is 244 Å². The van der Waals surface area contributed by atoms with Gasteiger partial charge in [0, 0.05) is 32.1 Å². The van der Waals surface area contributed by atoms with Crippen LogP contribution in [0.15, 0.2) is 91.1 Å². The highest BCUT2D eigenvalue weighted by atomic mass is 32.2. The number of ether oxygens (including phenoxy) is 2. The van der Waals surface area contributed by atoms with E-state index >= 15 is 0 Å². The fourth-order valence-corrected chi connectivity index (χ4v) is 7.07. The molecule has 2 aliphatic rings. The maximum absolute atomic E-state index is 13.9. The molecular weight excluding hydrogens is 555 g/mol. The van der Waals surface area contributed by atoms with Crippen molar-refractivity contribution < 1.29 is 27.1 Å². The van der Waals surface area contributed by atoms with Crippen LogP contribution in [0.3, 0.4) is 0 Å². The van der Waals surface area contributed by atoms with Crippen molar-refractivity contribution in [2.24, 2.45) is 0 Å². The van der Waals surface area contributed by atoms with Gasteiger partial charge in [-0.3, -0.25) is 4.98 Å². The summed E-state index contributed by atoms with van der Waals surface area (Å²) < 4.78 is 51.0. The SMILES string of the molecule is O=C(Oc1ccccc1F)N1CCC2(CCc3cc(-c4ccc(CS(=O)(=O)Cc5ccccn5)cc4)ccc3O2)CC1. The van der Waals surface area contributed by atoms with Crippen LogP contribution in [0.25, 0.3) is 11.1 Å². The first kappa shape index (κ1) is 27.9. The number of amides is 1. The highest BCUT2D eigenvalue weighted by Gasteiger charge is 2.41. The lowest BCUT2D eigenvalue weighted by molar-refractivity contribution is -0.00959. The van der Waals surface area contributed by atoms with E-state index in [1.165, 1.54) is 12.1 Å². The van der Waals surface area contributed by atoms with Crippen LogP contribution < -0.4 is 9.47 Å². The van der Waals surface area contributed by atoms with E-state index in [0.717, 1.165) is 40.8 Å². The summed E-state index contributed by atoms with van der Waals surface area (Å²) in [5.41, 5.74) is 4.11. The maximum atomic E-state index is 13.9. The molecular formula is C33H31FN2O5S. The summed E-state index contributed by atoms with van der Waals surface area (Å²) in [6.07, 6.45) is 4.09. The molecule has 3 heterocycles. The monoisotopic (exact) mass is 586 g/mol. The number of piperidine rings is 1. The number of rotatable bonds is 6. The summed E-state index contributed by atoms with van der Waals surface area (Å²) in [7, 11) is -3.34. The molecule has 0 bridgehead atoms. The Balaban J connectivity index is 1.06. The predicted molar refractivity (Wildman–Crippen MR) is 157 cm³/mol. The molecule has 1 fully saturated rings. The number of sulfone groups is 1. The molecule has 3 aromatic carbocycles. The third-order valence-electron chi connectivity index (χ3n) is 7.97. The molecule has 1 amide bonds. The fraction of sp³-hybridized carbons (Fsp3) is 0.273. The summed E-state index contributed by atoms with van der Waals surface area (Å²) >= 11 is 0. The highest BCUT2D eigenvalue weighted by molar-refractivity contribution is 7.89. The van der Waals surface area contributed by atoms with E-state index in [-0.39, 0.29) is 22.9 Å². The maximum Gasteiger partial charge on any atom is 0.415 e. The number of nitrogens with zero attached hydrogens (tertiary/aromatic N) is 2. The quantitative estimate of drug-likeness (QED) is 0.261. The summed E-state index contributed by atoms with van der Waals surface area (Å²) in [4.78, 5) is 18.3. The molecule has 0 N–H and O–H groups in total. The molecule has 0 saturated carbocycles. The second-order valence-corrected chi connectivity index (χ2v) is 13.0. The molecule has 9 heteroatoms. The number of para-hydroxylation sites is 1. The van der Waals surface area contributed by atoms with Crippen LogP contribution in [0.5, 0.6) is 11.5 Å². The second-order valence-electron chi connectivity index (χ2n) is 10.9. The molecule has 0 unspecified atom stereocenters. The van der Waals surface area contributed by atoms with Crippen LogP contribution in [0.4, 0.5) is 9.18 Å². The van der Waals surface area contributed by atoms with Gasteiger partial charge in [-0.05, 0) is 71.5 Å². The van der Waals surface area contributed by atoms with Gasteiger partial charge < -0.3 is 14.4 Å². The molecule has 0 atom stereocenters. The number of carbonyl (C=O) groups excluding carboxylic acids is 1. The summed E-state index contributed by atoms with van der Waals surface area (Å²) in [5, 5.41) is 0. The number of fused-ring (bicyclic) bond motifs is 1. The van der Waals surface area contributed by atoms with Crippen molar-refractivity contribution in [3.05, 3.63) is 114 Å². The minimum atomic E-state index is -3.34. The predicted octanol–water partition coefficient (Wildman–Crippen LogP) is 6.36. The lowest BCUT2D eigenvalue weighted by Crippen LogP contribution is -2.51. The van der Waals surface area contributed by atoms with Gasteiger partial charge in [0.1, 0.15) is 11.4 Å². The highest BCUT2D eigenvalue weighted by Crippen LogP contribution is 2.41. The van der Waals surface area contributed by atoms with Crippen molar-refractivity contribution in [3.63, 3.8) is 0 Å². The topological polar surface area (TPSA) is 85.8 Å². The molecule has 2 aliphatic heterocycles. The Morgan fingerprint density at radius 2 is 1.64 bits per heavy atom. The number of hydrogen-bond acceptors (Lipinski definition) is 6. The average Bonchev–Trinajstić information content (AvgIpc) is 2.99. The number of halogens is 1. The zero-order chi connectivity index (χ0) is 29.2. The van der Waals surface area contributed by atoms with Gasteiger partial charge >= 0.3 is 6.09 Å². The lowest BCUT2D eigenvalue weighted by Gasteiger charge is -2.44. The minimum Gasteiger partial charge on any atom is -0.487 e. The van der Waals surface area contributed by atoms with Crippen LogP contribution >= 0.6 is 0 Å². The van der Waals surface area contributed by atoms with Crippen molar-refractivity contribution in [2.75, 3.05) is 13.1 Å². The Morgan fingerprint density at radius 3 is 2.38 bits per heavy atom. The van der Waals surface area contributed by atoms with Crippen molar-refractivity contribution in [2.45, 2.75) is 42.8 Å². The number of aryl methyl sites for hydroxylation is 1. The summed E-state index contributed by atoms with van der Waals surface area (Å²) in [6, 6.07) is 24.9. The average molecular weight is 587 g/mol. The van der Waals surface area contributed by atoms with Crippen molar-refractivity contribution in [1.82, 2.24) is 9.88 Å². The Morgan fingerprint density at radius 1 is 0.905 bits per heavy atom. The van der Waals surface area contributed by atoms with Crippen LogP contribution in [-0.2, 0) is 27.8 Å². The Kier molecular flexibility index (Phi) is 7.68. The van der Waals surface area contributed by atoms with Crippen LogP contribution in [0, 0.1) is 5.82 Å². The van der Waals surface area contributed by atoms with E-state index in [1.54, 1.807) is 41.4 Å². The molecule has 216 valence electrons. The van der Waals surface area contributed by atoms with Crippen molar-refractivity contribution in [1.29, 1.82) is 0 Å². The molecule has 7 nitrogen and oxygen atoms in total. The zero-order valence-electron chi connectivity index (χ0n) is 23.0. The molecule has 0 aliphatic carbocycles. The van der Waals surface area contributed by atoms with Gasteiger partial charge in [-0.2, -0.15) is 0 Å². The largest absolute Gasteiger partial charge is 0.487 e. The van der Waals surface area contributed by atoms with E-state index < -0.39 is 21.7 Å². The van der Waals surface area contributed by atoms with Gasteiger partial charge in [0.25, 0.3) is 0 Å². The van der Waals surface area contributed by atoms with Crippen molar-refractivity contribution in [3.8, 4) is 22.6 Å². The second kappa shape index (κ2) is 11.6. The number of benzene rings is 3. The summed E-state index contributed by atoms with van der Waals surface area (Å²) in [5.74, 6) is 0.0951. The van der Waals surface area contributed by atoms with Crippen LogP contribution in [-0.4, -0.2) is 43.1 Å². The molecule has 6 rings (SSSR count). The molecule has 1 saturated heterocycles. The Bertz CT molecular complexity index is 1690. The minimum absolute atomic E-state index is 0.0394. The number of carbonyl (C=O) groups is 1. The molecule has 1 aromatic heterocycles. The zero-order valence-corrected chi connectivity index (χ0v) is 23.9.